The van der Waals surface area contributed by atoms with Gasteiger partial charge in [0.25, 0.3) is 5.91 Å². The zero-order valence-corrected chi connectivity index (χ0v) is 15.6. The number of ether oxygens (including phenoxy) is 1. The van der Waals surface area contributed by atoms with Crippen LogP contribution < -0.4 is 5.32 Å². The van der Waals surface area contributed by atoms with Crippen molar-refractivity contribution < 1.29 is 19.2 Å². The number of rotatable bonds is 6. The molecule has 3 rings (SSSR count). The van der Waals surface area contributed by atoms with E-state index in [1.807, 2.05) is 42.5 Å². The molecule has 1 aromatic heterocycles. The second kappa shape index (κ2) is 8.45. The Bertz CT molecular complexity index is 1020. The summed E-state index contributed by atoms with van der Waals surface area (Å²) in [7, 11) is 0. The van der Waals surface area contributed by atoms with Crippen molar-refractivity contribution in [2.24, 2.45) is 0 Å². The van der Waals surface area contributed by atoms with Crippen molar-refractivity contribution in [3.05, 3.63) is 81.7 Å². The number of esters is 1. The van der Waals surface area contributed by atoms with Gasteiger partial charge in [-0.05, 0) is 24.6 Å². The zero-order valence-electron chi connectivity index (χ0n) is 14.8. The summed E-state index contributed by atoms with van der Waals surface area (Å²) in [4.78, 5) is 34.8. The van der Waals surface area contributed by atoms with Crippen LogP contribution in [0.25, 0.3) is 11.1 Å². The van der Waals surface area contributed by atoms with Gasteiger partial charge in [-0.2, -0.15) is 0 Å². The van der Waals surface area contributed by atoms with E-state index in [0.29, 0.717) is 17.0 Å². The monoisotopic (exact) mass is 396 g/mol. The van der Waals surface area contributed by atoms with Crippen LogP contribution in [0.1, 0.15) is 16.6 Å². The minimum atomic E-state index is -1.07. The van der Waals surface area contributed by atoms with Crippen LogP contribution in [0.5, 0.6) is 0 Å². The van der Waals surface area contributed by atoms with Crippen LogP contribution in [0.2, 0.25) is 0 Å². The fourth-order valence-electron chi connectivity index (χ4n) is 2.50. The first-order valence-electron chi connectivity index (χ1n) is 8.36. The Morgan fingerprint density at radius 2 is 1.71 bits per heavy atom. The molecule has 0 aliphatic carbocycles. The van der Waals surface area contributed by atoms with Crippen LogP contribution in [-0.2, 0) is 9.53 Å². The summed E-state index contributed by atoms with van der Waals surface area (Å²) in [5.41, 5.74) is 2.37. The number of hydrogen-bond acceptors (Lipinski definition) is 6. The topological polar surface area (TPSA) is 98.5 Å². The van der Waals surface area contributed by atoms with Gasteiger partial charge in [0.05, 0.1) is 4.92 Å². The lowest BCUT2D eigenvalue weighted by Crippen LogP contribution is -2.30. The van der Waals surface area contributed by atoms with Gasteiger partial charge in [-0.25, -0.2) is 4.79 Å². The quantitative estimate of drug-likeness (QED) is 0.376. The average molecular weight is 396 g/mol. The summed E-state index contributed by atoms with van der Waals surface area (Å²) in [6.45, 7) is 1.44. The third-order valence-corrected chi connectivity index (χ3v) is 4.91. The Balaban J connectivity index is 1.69. The molecular formula is C20H16N2O5S. The molecule has 1 atom stereocenters. The van der Waals surface area contributed by atoms with Crippen LogP contribution in [-0.4, -0.2) is 22.9 Å². The first kappa shape index (κ1) is 19.2. The lowest BCUT2D eigenvalue weighted by Gasteiger charge is -2.15. The maximum Gasteiger partial charge on any atom is 0.349 e. The number of anilines is 1. The van der Waals surface area contributed by atoms with Crippen LogP contribution >= 0.6 is 11.3 Å². The Morgan fingerprint density at radius 3 is 2.39 bits per heavy atom. The molecular weight excluding hydrogens is 380 g/mol. The first-order valence-corrected chi connectivity index (χ1v) is 9.18. The second-order valence-electron chi connectivity index (χ2n) is 5.84. The number of hydrogen-bond donors (Lipinski definition) is 1. The maximum atomic E-state index is 12.5. The van der Waals surface area contributed by atoms with E-state index < -0.39 is 22.9 Å². The van der Waals surface area contributed by atoms with Crippen molar-refractivity contribution in [1.29, 1.82) is 0 Å². The standard InChI is InChI=1S/C20H16N2O5S/c1-13(27-20(24)17-11-12-18(28-17)22(25)26)19(23)21-16-10-6-5-9-15(16)14-7-3-2-4-8-14/h2-13H,1H3,(H,21,23)/t13-/m1/s1. The fraction of sp³-hybridized carbons (Fsp3) is 0.100. The summed E-state index contributed by atoms with van der Waals surface area (Å²) in [5, 5.41) is 13.3. The number of carbonyl (C=O) groups is 2. The SMILES string of the molecule is C[C@@H](OC(=O)c1ccc([N+](=O)[O-])s1)C(=O)Nc1ccccc1-c1ccccc1. The zero-order chi connectivity index (χ0) is 20.1. The van der Waals surface area contributed by atoms with Crippen LogP contribution in [0, 0.1) is 10.1 Å². The van der Waals surface area contributed by atoms with Gasteiger partial charge in [-0.1, -0.05) is 59.9 Å². The molecule has 2 aromatic carbocycles. The smallest absolute Gasteiger partial charge is 0.349 e. The molecule has 0 saturated heterocycles. The lowest BCUT2D eigenvalue weighted by atomic mass is 10.0. The molecule has 142 valence electrons. The van der Waals surface area contributed by atoms with Crippen molar-refractivity contribution in [1.82, 2.24) is 0 Å². The average Bonchev–Trinajstić information content (AvgIpc) is 3.20. The van der Waals surface area contributed by atoms with Crippen molar-refractivity contribution >= 4 is 33.9 Å². The van der Waals surface area contributed by atoms with Gasteiger partial charge in [-0.15, -0.1) is 0 Å². The van der Waals surface area contributed by atoms with E-state index in [0.717, 1.165) is 11.1 Å². The molecule has 0 aliphatic rings. The molecule has 28 heavy (non-hydrogen) atoms. The van der Waals surface area contributed by atoms with Gasteiger partial charge in [-0.3, -0.25) is 14.9 Å². The Morgan fingerprint density at radius 1 is 1.04 bits per heavy atom. The van der Waals surface area contributed by atoms with E-state index in [-0.39, 0.29) is 9.88 Å². The summed E-state index contributed by atoms with van der Waals surface area (Å²) >= 11 is 0.701. The Kier molecular flexibility index (Phi) is 5.81. The Labute approximate surface area is 164 Å². The van der Waals surface area contributed by atoms with Gasteiger partial charge in [0.1, 0.15) is 4.88 Å². The highest BCUT2D eigenvalue weighted by Crippen LogP contribution is 2.28. The molecule has 0 unspecified atom stereocenters. The third-order valence-electron chi connectivity index (χ3n) is 3.90. The van der Waals surface area contributed by atoms with E-state index >= 15 is 0 Å². The third kappa shape index (κ3) is 4.41. The summed E-state index contributed by atoms with van der Waals surface area (Å²) in [6, 6.07) is 19.4. The molecule has 0 aliphatic heterocycles. The first-order chi connectivity index (χ1) is 13.5. The highest BCUT2D eigenvalue weighted by atomic mass is 32.1. The van der Waals surface area contributed by atoms with Crippen molar-refractivity contribution in [3.63, 3.8) is 0 Å². The largest absolute Gasteiger partial charge is 0.448 e. The van der Waals surface area contributed by atoms with Gasteiger partial charge in [0, 0.05) is 17.3 Å². The van der Waals surface area contributed by atoms with Gasteiger partial charge >= 0.3 is 11.0 Å². The summed E-state index contributed by atoms with van der Waals surface area (Å²) in [5.74, 6) is -1.28. The molecule has 7 nitrogen and oxygen atoms in total. The Hall–Kier alpha value is -3.52. The highest BCUT2D eigenvalue weighted by molar-refractivity contribution is 7.17. The van der Waals surface area contributed by atoms with Gasteiger partial charge in [0.15, 0.2) is 6.10 Å². The summed E-state index contributed by atoms with van der Waals surface area (Å²) in [6.07, 6.45) is -1.07. The van der Waals surface area contributed by atoms with E-state index in [2.05, 4.69) is 5.32 Å². The van der Waals surface area contributed by atoms with E-state index in [9.17, 15) is 19.7 Å². The lowest BCUT2D eigenvalue weighted by molar-refractivity contribution is -0.380. The van der Waals surface area contributed by atoms with E-state index in [1.165, 1.54) is 19.1 Å². The molecule has 0 bridgehead atoms. The number of para-hydroxylation sites is 1. The second-order valence-corrected chi connectivity index (χ2v) is 6.91. The van der Waals surface area contributed by atoms with Gasteiger partial charge in [0.2, 0.25) is 0 Å². The number of nitro groups is 1. The van der Waals surface area contributed by atoms with Crippen molar-refractivity contribution in [2.75, 3.05) is 5.32 Å². The number of benzene rings is 2. The predicted molar refractivity (Wildman–Crippen MR) is 106 cm³/mol. The van der Waals surface area contributed by atoms with Crippen LogP contribution in [0.3, 0.4) is 0 Å². The highest BCUT2D eigenvalue weighted by Gasteiger charge is 2.22. The predicted octanol–water partition coefficient (Wildman–Crippen LogP) is 4.51. The van der Waals surface area contributed by atoms with E-state index in [1.54, 1.807) is 12.1 Å². The molecule has 0 saturated carbocycles. The minimum Gasteiger partial charge on any atom is -0.448 e. The molecule has 1 amide bonds. The number of carbonyl (C=O) groups excluding carboxylic acids is 2. The molecule has 1 N–H and O–H groups in total. The molecule has 3 aromatic rings. The minimum absolute atomic E-state index is 0.0658. The molecule has 0 fully saturated rings. The van der Waals surface area contributed by atoms with Crippen LogP contribution in [0.4, 0.5) is 10.7 Å². The van der Waals surface area contributed by atoms with Crippen molar-refractivity contribution in [2.45, 2.75) is 13.0 Å². The summed E-state index contributed by atoms with van der Waals surface area (Å²) < 4.78 is 5.15. The van der Waals surface area contributed by atoms with Gasteiger partial charge < -0.3 is 10.1 Å². The molecule has 0 spiro atoms. The molecule has 0 radical (unpaired) electrons. The number of thiophene rings is 1. The molecule has 8 heteroatoms. The van der Waals surface area contributed by atoms with E-state index in [4.69, 9.17) is 4.74 Å². The normalized spacial score (nSPS) is 11.5. The number of amides is 1. The van der Waals surface area contributed by atoms with Crippen LogP contribution in [0.15, 0.2) is 66.7 Å². The number of nitrogens with zero attached hydrogens (tertiary/aromatic N) is 1. The fourth-order valence-corrected chi connectivity index (χ4v) is 3.21. The van der Waals surface area contributed by atoms with Crippen molar-refractivity contribution in [3.8, 4) is 11.1 Å². The molecule has 1 heterocycles. The maximum absolute atomic E-state index is 12.5. The number of nitrogens with one attached hydrogen (secondary N) is 1.